The lowest BCUT2D eigenvalue weighted by atomic mass is 10.1. The van der Waals surface area contributed by atoms with Crippen LogP contribution in [0.25, 0.3) is 0 Å². The predicted molar refractivity (Wildman–Crippen MR) is 63.0 cm³/mol. The summed E-state index contributed by atoms with van der Waals surface area (Å²) in [6.07, 6.45) is -0.913. The van der Waals surface area contributed by atoms with Gasteiger partial charge in [0.1, 0.15) is 16.4 Å². The van der Waals surface area contributed by atoms with Gasteiger partial charge in [0.25, 0.3) is 6.43 Å². The summed E-state index contributed by atoms with van der Waals surface area (Å²) < 4.78 is 50.4. The van der Waals surface area contributed by atoms with Gasteiger partial charge in [0.15, 0.2) is 0 Å². The molecule has 0 aromatic carbocycles. The molecule has 0 aliphatic carbocycles. The van der Waals surface area contributed by atoms with Crippen LogP contribution in [0.1, 0.15) is 26.2 Å². The minimum Gasteiger partial charge on any atom is -0.375 e. The number of nitrogens with two attached hydrogens (primary N) is 1. The molecule has 0 aliphatic heterocycles. The molecule has 0 saturated carbocycles. The van der Waals surface area contributed by atoms with Gasteiger partial charge in [-0.25, -0.2) is 17.2 Å². The van der Waals surface area contributed by atoms with Crippen LogP contribution >= 0.6 is 0 Å². The van der Waals surface area contributed by atoms with Crippen molar-refractivity contribution in [3.8, 4) is 0 Å². The fraction of sp³-hybridized carbons (Fsp3) is 1.00. The van der Waals surface area contributed by atoms with E-state index in [1.165, 1.54) is 0 Å². The number of hydrogen-bond acceptors (Lipinski definition) is 4. The van der Waals surface area contributed by atoms with E-state index in [9.17, 15) is 17.2 Å². The van der Waals surface area contributed by atoms with Crippen molar-refractivity contribution in [3.05, 3.63) is 0 Å². The van der Waals surface area contributed by atoms with Crippen LogP contribution in [0.15, 0.2) is 0 Å². The summed E-state index contributed by atoms with van der Waals surface area (Å²) in [5, 5.41) is 0. The van der Waals surface area contributed by atoms with Crippen LogP contribution in [0.4, 0.5) is 8.78 Å². The highest BCUT2D eigenvalue weighted by Crippen LogP contribution is 2.03. The third-order valence-corrected chi connectivity index (χ3v) is 4.14. The van der Waals surface area contributed by atoms with Crippen LogP contribution in [0.2, 0.25) is 0 Å². The Kier molecular flexibility index (Phi) is 8.63. The van der Waals surface area contributed by atoms with Crippen LogP contribution < -0.4 is 5.73 Å². The lowest BCUT2D eigenvalue weighted by molar-refractivity contribution is 0.0151. The highest BCUT2D eigenvalue weighted by atomic mass is 32.2. The van der Waals surface area contributed by atoms with E-state index in [2.05, 4.69) is 4.74 Å². The normalized spacial score (nSPS) is 14.2. The van der Waals surface area contributed by atoms with Crippen LogP contribution in [0.5, 0.6) is 0 Å². The van der Waals surface area contributed by atoms with Gasteiger partial charge in [0, 0.05) is 18.4 Å². The maximum atomic E-state index is 11.7. The van der Waals surface area contributed by atoms with Gasteiger partial charge in [-0.05, 0) is 19.3 Å². The molecule has 17 heavy (non-hydrogen) atoms. The molecule has 1 atom stereocenters. The second-order valence-corrected chi connectivity index (χ2v) is 6.37. The average molecular weight is 273 g/mol. The molecule has 0 heterocycles. The molecule has 0 aliphatic rings. The molecule has 7 heteroatoms. The van der Waals surface area contributed by atoms with Crippen molar-refractivity contribution in [1.29, 1.82) is 0 Å². The maximum Gasteiger partial charge on any atom is 0.261 e. The van der Waals surface area contributed by atoms with Gasteiger partial charge in [0.05, 0.1) is 5.75 Å². The Morgan fingerprint density at radius 1 is 1.29 bits per heavy atom. The van der Waals surface area contributed by atoms with Crippen molar-refractivity contribution in [2.24, 2.45) is 5.73 Å². The first-order valence-corrected chi connectivity index (χ1v) is 7.51. The van der Waals surface area contributed by atoms with Crippen molar-refractivity contribution < 1.29 is 21.9 Å². The summed E-state index contributed by atoms with van der Waals surface area (Å²) in [5.74, 6) is 0.273. The fourth-order valence-electron chi connectivity index (χ4n) is 1.26. The minimum atomic E-state index is -2.94. The van der Waals surface area contributed by atoms with E-state index in [0.29, 0.717) is 19.3 Å². The summed E-state index contributed by atoms with van der Waals surface area (Å²) in [7, 11) is -2.94. The van der Waals surface area contributed by atoms with E-state index in [-0.39, 0.29) is 24.2 Å². The van der Waals surface area contributed by atoms with Gasteiger partial charge in [-0.15, -0.1) is 0 Å². The van der Waals surface area contributed by atoms with Gasteiger partial charge in [-0.2, -0.15) is 0 Å². The number of alkyl halides is 2. The molecule has 0 radical (unpaired) electrons. The molecule has 104 valence electrons. The van der Waals surface area contributed by atoms with Crippen LogP contribution in [-0.4, -0.2) is 45.6 Å². The first-order chi connectivity index (χ1) is 7.87. The van der Waals surface area contributed by atoms with Gasteiger partial charge >= 0.3 is 0 Å². The molecule has 0 saturated heterocycles. The molecule has 0 aromatic heterocycles. The first kappa shape index (κ1) is 16.7. The van der Waals surface area contributed by atoms with Crippen LogP contribution in [0, 0.1) is 0 Å². The third-order valence-electron chi connectivity index (χ3n) is 2.35. The van der Waals surface area contributed by atoms with E-state index in [4.69, 9.17) is 5.73 Å². The predicted octanol–water partition coefficient (Wildman–Crippen LogP) is 1.20. The molecule has 0 fully saturated rings. The molecule has 2 N–H and O–H groups in total. The monoisotopic (exact) mass is 273 g/mol. The van der Waals surface area contributed by atoms with Gasteiger partial charge < -0.3 is 10.5 Å². The Labute approximate surface area is 101 Å². The van der Waals surface area contributed by atoms with Crippen molar-refractivity contribution in [1.82, 2.24) is 0 Å². The molecule has 4 nitrogen and oxygen atoms in total. The number of sulfone groups is 1. The summed E-state index contributed by atoms with van der Waals surface area (Å²) in [5.41, 5.74) is 5.70. The zero-order chi connectivity index (χ0) is 13.3. The van der Waals surface area contributed by atoms with Crippen molar-refractivity contribution in [3.63, 3.8) is 0 Å². The highest BCUT2D eigenvalue weighted by Gasteiger charge is 2.09. The molecule has 0 aromatic rings. The van der Waals surface area contributed by atoms with Crippen molar-refractivity contribution in [2.75, 3.05) is 24.7 Å². The van der Waals surface area contributed by atoms with Crippen molar-refractivity contribution >= 4 is 9.84 Å². The zero-order valence-corrected chi connectivity index (χ0v) is 10.9. The zero-order valence-electron chi connectivity index (χ0n) is 10.1. The van der Waals surface area contributed by atoms with Gasteiger partial charge in [-0.1, -0.05) is 6.92 Å². The van der Waals surface area contributed by atoms with Gasteiger partial charge in [-0.3, -0.25) is 0 Å². The molecule has 0 bridgehead atoms. The minimum absolute atomic E-state index is 0.134. The van der Waals surface area contributed by atoms with Gasteiger partial charge in [0.2, 0.25) is 0 Å². The second-order valence-electron chi connectivity index (χ2n) is 3.89. The molecule has 0 rings (SSSR count). The quantitative estimate of drug-likeness (QED) is 0.607. The fourth-order valence-corrected chi connectivity index (χ4v) is 2.16. The average Bonchev–Trinajstić information content (AvgIpc) is 2.24. The largest absolute Gasteiger partial charge is 0.375 e. The van der Waals surface area contributed by atoms with Crippen molar-refractivity contribution in [2.45, 2.75) is 38.7 Å². The highest BCUT2D eigenvalue weighted by molar-refractivity contribution is 7.91. The summed E-state index contributed by atoms with van der Waals surface area (Å²) in [4.78, 5) is 0. The second kappa shape index (κ2) is 8.77. The van der Waals surface area contributed by atoms with E-state index in [0.717, 1.165) is 0 Å². The van der Waals surface area contributed by atoms with E-state index < -0.39 is 22.9 Å². The Morgan fingerprint density at radius 2 is 1.94 bits per heavy atom. The smallest absolute Gasteiger partial charge is 0.261 e. The maximum absolute atomic E-state index is 11.7. The Morgan fingerprint density at radius 3 is 2.47 bits per heavy atom. The van der Waals surface area contributed by atoms with Crippen LogP contribution in [-0.2, 0) is 14.6 Å². The molecular formula is C10H21F2NO3S. The molecular weight excluding hydrogens is 252 g/mol. The SMILES string of the molecule is CCS(=O)(=O)CCCC(N)CCOCC(F)F. The Hall–Kier alpha value is -0.270. The third kappa shape index (κ3) is 10.6. The number of ether oxygens (including phenoxy) is 1. The van der Waals surface area contributed by atoms with E-state index in [1.54, 1.807) is 6.92 Å². The number of halogens is 2. The first-order valence-electron chi connectivity index (χ1n) is 5.69. The molecule has 0 spiro atoms. The number of hydrogen-bond donors (Lipinski definition) is 1. The lowest BCUT2D eigenvalue weighted by Crippen LogP contribution is -2.23. The lowest BCUT2D eigenvalue weighted by Gasteiger charge is -2.11. The summed E-state index contributed by atoms with van der Waals surface area (Å²) in [6, 6.07) is -0.195. The Bertz CT molecular complexity index is 283. The van der Waals surface area contributed by atoms with Crippen LogP contribution in [0.3, 0.4) is 0 Å². The summed E-state index contributed by atoms with van der Waals surface area (Å²) in [6.45, 7) is 1.22. The van der Waals surface area contributed by atoms with E-state index >= 15 is 0 Å². The molecule has 1 unspecified atom stereocenters. The number of rotatable bonds is 10. The topological polar surface area (TPSA) is 69.4 Å². The Balaban J connectivity index is 3.50. The van der Waals surface area contributed by atoms with E-state index in [1.807, 2.05) is 0 Å². The molecule has 0 amide bonds. The standard InChI is InChI=1S/C10H21F2NO3S/c1-2-17(14,15)7-3-4-9(13)5-6-16-8-10(11)12/h9-10H,2-8,13H2,1H3. The summed E-state index contributed by atoms with van der Waals surface area (Å²) >= 11 is 0.